The van der Waals surface area contributed by atoms with Crippen LogP contribution in [0.5, 0.6) is 0 Å². The summed E-state index contributed by atoms with van der Waals surface area (Å²) in [6.07, 6.45) is -3.00. The van der Waals surface area contributed by atoms with E-state index in [1.54, 1.807) is 0 Å². The summed E-state index contributed by atoms with van der Waals surface area (Å²) in [5.41, 5.74) is -0.603. The number of rotatable bonds is 2. The van der Waals surface area contributed by atoms with Crippen molar-refractivity contribution in [1.29, 1.82) is 0 Å². The molecule has 114 valence electrons. The van der Waals surface area contributed by atoms with Gasteiger partial charge < -0.3 is 0 Å². The molecule has 1 rings (SSSR count). The summed E-state index contributed by atoms with van der Waals surface area (Å²) >= 11 is 0. The maximum atomic E-state index is 12.8. The standard InChI is InChI=1S/C15H21F3OS/c1-13(2,3)14(4,5)11-8-7-10(15(16,17)18)9-12(11)20(6)19/h7-9H,1-6H3. The van der Waals surface area contributed by atoms with Crippen molar-refractivity contribution in [2.75, 3.05) is 6.26 Å². The first-order valence-corrected chi connectivity index (χ1v) is 7.89. The summed E-state index contributed by atoms with van der Waals surface area (Å²) in [5.74, 6) is 0. The van der Waals surface area contributed by atoms with Crippen LogP contribution in [0.3, 0.4) is 0 Å². The molecular formula is C15H21F3OS. The van der Waals surface area contributed by atoms with Gasteiger partial charge in [-0.15, -0.1) is 0 Å². The van der Waals surface area contributed by atoms with Crippen LogP contribution in [0, 0.1) is 5.41 Å². The first kappa shape index (κ1) is 17.2. The van der Waals surface area contributed by atoms with Crippen molar-refractivity contribution in [1.82, 2.24) is 0 Å². The smallest absolute Gasteiger partial charge is 0.255 e. The molecule has 1 nitrogen and oxygen atoms in total. The SMILES string of the molecule is CS(=O)c1cc(C(F)(F)F)ccc1C(C)(C)C(C)(C)C. The van der Waals surface area contributed by atoms with E-state index < -0.39 is 28.0 Å². The van der Waals surface area contributed by atoms with E-state index >= 15 is 0 Å². The molecule has 0 aliphatic rings. The zero-order valence-corrected chi connectivity index (χ0v) is 13.5. The largest absolute Gasteiger partial charge is 0.416 e. The van der Waals surface area contributed by atoms with Gasteiger partial charge in [0.1, 0.15) is 0 Å². The van der Waals surface area contributed by atoms with Gasteiger partial charge >= 0.3 is 6.18 Å². The lowest BCUT2D eigenvalue weighted by molar-refractivity contribution is -0.137. The minimum Gasteiger partial charge on any atom is -0.255 e. The van der Waals surface area contributed by atoms with E-state index in [9.17, 15) is 17.4 Å². The van der Waals surface area contributed by atoms with E-state index in [1.165, 1.54) is 12.3 Å². The van der Waals surface area contributed by atoms with Crippen LogP contribution in [-0.2, 0) is 22.4 Å². The second kappa shape index (κ2) is 5.17. The average molecular weight is 306 g/mol. The van der Waals surface area contributed by atoms with Crippen molar-refractivity contribution >= 4 is 10.8 Å². The molecule has 0 saturated heterocycles. The third kappa shape index (κ3) is 3.25. The molecule has 0 heterocycles. The molecule has 0 N–H and O–H groups in total. The highest BCUT2D eigenvalue weighted by Crippen LogP contribution is 2.44. The van der Waals surface area contributed by atoms with Crippen LogP contribution >= 0.6 is 0 Å². The summed E-state index contributed by atoms with van der Waals surface area (Å²) in [4.78, 5) is 0.264. The predicted octanol–water partition coefficient (Wildman–Crippen LogP) is 4.77. The molecule has 0 aliphatic carbocycles. The van der Waals surface area contributed by atoms with Crippen LogP contribution in [0.15, 0.2) is 23.1 Å². The third-order valence-corrected chi connectivity index (χ3v) is 5.12. The van der Waals surface area contributed by atoms with Gasteiger partial charge in [-0.2, -0.15) is 13.2 Å². The summed E-state index contributed by atoms with van der Waals surface area (Å²) < 4.78 is 50.2. The van der Waals surface area contributed by atoms with Gasteiger partial charge in [0.05, 0.1) is 16.4 Å². The molecule has 1 atom stereocenters. The van der Waals surface area contributed by atoms with Crippen LogP contribution in [0.2, 0.25) is 0 Å². The van der Waals surface area contributed by atoms with E-state index in [0.717, 1.165) is 12.1 Å². The molecule has 1 unspecified atom stereocenters. The zero-order valence-electron chi connectivity index (χ0n) is 12.7. The monoisotopic (exact) mass is 306 g/mol. The molecular weight excluding hydrogens is 285 g/mol. The molecule has 0 saturated carbocycles. The molecule has 0 amide bonds. The van der Waals surface area contributed by atoms with Crippen LogP contribution in [-0.4, -0.2) is 10.5 Å². The van der Waals surface area contributed by atoms with Gasteiger partial charge in [-0.1, -0.05) is 40.7 Å². The van der Waals surface area contributed by atoms with Crippen molar-refractivity contribution in [3.63, 3.8) is 0 Å². The Morgan fingerprint density at radius 1 is 1.00 bits per heavy atom. The first-order valence-electron chi connectivity index (χ1n) is 6.33. The predicted molar refractivity (Wildman–Crippen MR) is 76.3 cm³/mol. The van der Waals surface area contributed by atoms with Crippen LogP contribution in [0.1, 0.15) is 45.7 Å². The highest BCUT2D eigenvalue weighted by Gasteiger charge is 2.38. The Morgan fingerprint density at radius 3 is 1.85 bits per heavy atom. The molecule has 0 aliphatic heterocycles. The van der Waals surface area contributed by atoms with Gasteiger partial charge in [0.25, 0.3) is 0 Å². The van der Waals surface area contributed by atoms with Gasteiger partial charge in [-0.05, 0) is 28.5 Å². The Morgan fingerprint density at radius 2 is 1.50 bits per heavy atom. The Labute approximate surface area is 121 Å². The van der Waals surface area contributed by atoms with E-state index in [0.29, 0.717) is 5.56 Å². The number of hydrogen-bond acceptors (Lipinski definition) is 1. The Kier molecular flexibility index (Phi) is 4.45. The minimum absolute atomic E-state index is 0.166. The molecule has 0 radical (unpaired) electrons. The van der Waals surface area contributed by atoms with E-state index in [-0.39, 0.29) is 10.3 Å². The lowest BCUT2D eigenvalue weighted by Crippen LogP contribution is -2.35. The van der Waals surface area contributed by atoms with Gasteiger partial charge in [0.15, 0.2) is 0 Å². The Hall–Kier alpha value is -0.840. The number of alkyl halides is 3. The number of hydrogen-bond donors (Lipinski definition) is 0. The minimum atomic E-state index is -4.42. The average Bonchev–Trinajstić information content (AvgIpc) is 2.25. The van der Waals surface area contributed by atoms with Gasteiger partial charge in [-0.3, -0.25) is 4.21 Å². The molecule has 0 aromatic heterocycles. The quantitative estimate of drug-likeness (QED) is 0.769. The van der Waals surface area contributed by atoms with Gasteiger partial charge in [0, 0.05) is 11.2 Å². The highest BCUT2D eigenvalue weighted by atomic mass is 32.2. The second-order valence-corrected chi connectivity index (χ2v) is 7.89. The maximum Gasteiger partial charge on any atom is 0.416 e. The molecule has 20 heavy (non-hydrogen) atoms. The summed E-state index contributed by atoms with van der Waals surface area (Å²) in [6, 6.07) is 3.54. The maximum absolute atomic E-state index is 12.8. The molecule has 1 aromatic rings. The third-order valence-electron chi connectivity index (χ3n) is 4.17. The van der Waals surface area contributed by atoms with Crippen molar-refractivity contribution in [2.24, 2.45) is 5.41 Å². The molecule has 0 fully saturated rings. The molecule has 5 heteroatoms. The summed E-state index contributed by atoms with van der Waals surface area (Å²) in [7, 11) is -1.47. The molecule has 0 spiro atoms. The van der Waals surface area contributed by atoms with Crippen molar-refractivity contribution in [3.05, 3.63) is 29.3 Å². The van der Waals surface area contributed by atoms with Crippen LogP contribution in [0.25, 0.3) is 0 Å². The van der Waals surface area contributed by atoms with Gasteiger partial charge in [-0.25, -0.2) is 0 Å². The lowest BCUT2D eigenvalue weighted by atomic mass is 9.65. The molecule has 1 aromatic carbocycles. The Balaban J connectivity index is 3.55. The lowest BCUT2D eigenvalue weighted by Gasteiger charge is -2.40. The van der Waals surface area contributed by atoms with E-state index in [2.05, 4.69) is 0 Å². The first-order chi connectivity index (χ1) is 8.78. The fourth-order valence-corrected chi connectivity index (χ4v) is 2.78. The fraction of sp³-hybridized carbons (Fsp3) is 0.600. The van der Waals surface area contributed by atoms with Crippen molar-refractivity contribution < 1.29 is 17.4 Å². The number of halogens is 3. The summed E-state index contributed by atoms with van der Waals surface area (Å²) in [6.45, 7) is 9.99. The van der Waals surface area contributed by atoms with Gasteiger partial charge in [0.2, 0.25) is 0 Å². The van der Waals surface area contributed by atoms with Crippen molar-refractivity contribution in [3.8, 4) is 0 Å². The zero-order chi connectivity index (χ0) is 15.9. The fourth-order valence-electron chi connectivity index (χ4n) is 1.86. The normalized spacial score (nSPS) is 15.2. The summed E-state index contributed by atoms with van der Waals surface area (Å²) in [5, 5.41) is 0. The van der Waals surface area contributed by atoms with Crippen LogP contribution in [0.4, 0.5) is 13.2 Å². The second-order valence-electron chi connectivity index (χ2n) is 6.54. The topological polar surface area (TPSA) is 17.1 Å². The van der Waals surface area contributed by atoms with Crippen molar-refractivity contribution in [2.45, 2.75) is 51.1 Å². The van der Waals surface area contributed by atoms with E-state index in [4.69, 9.17) is 0 Å². The molecule has 0 bridgehead atoms. The highest BCUT2D eigenvalue weighted by molar-refractivity contribution is 7.84. The Bertz CT molecular complexity index is 525. The number of benzene rings is 1. The van der Waals surface area contributed by atoms with E-state index in [1.807, 2.05) is 34.6 Å². The van der Waals surface area contributed by atoms with Crippen LogP contribution < -0.4 is 0 Å².